The van der Waals surface area contributed by atoms with Crippen LogP contribution < -0.4 is 10.2 Å². The normalized spacial score (nSPS) is 18.8. The molecule has 2 aromatic rings. The third-order valence-corrected chi connectivity index (χ3v) is 3.89. The van der Waals surface area contributed by atoms with Gasteiger partial charge in [-0.1, -0.05) is 12.1 Å². The van der Waals surface area contributed by atoms with Crippen molar-refractivity contribution in [2.45, 2.75) is 13.0 Å². The average Bonchev–Trinajstić information content (AvgIpc) is 2.48. The van der Waals surface area contributed by atoms with Crippen LogP contribution in [0.15, 0.2) is 42.5 Å². The van der Waals surface area contributed by atoms with Crippen LogP contribution in [0.4, 0.5) is 14.5 Å². The van der Waals surface area contributed by atoms with E-state index in [1.807, 2.05) is 6.07 Å². The van der Waals surface area contributed by atoms with Crippen molar-refractivity contribution in [3.8, 4) is 11.1 Å². The molecule has 21 heavy (non-hydrogen) atoms. The molecule has 4 heteroatoms. The van der Waals surface area contributed by atoms with E-state index in [2.05, 4.69) is 17.1 Å². The van der Waals surface area contributed by atoms with Gasteiger partial charge >= 0.3 is 0 Å². The molecule has 1 atom stereocenters. The molecule has 0 aromatic heterocycles. The van der Waals surface area contributed by atoms with E-state index >= 15 is 0 Å². The van der Waals surface area contributed by atoms with E-state index in [0.717, 1.165) is 36.4 Å². The molecule has 1 fully saturated rings. The number of piperazine rings is 1. The predicted molar refractivity (Wildman–Crippen MR) is 81.5 cm³/mol. The van der Waals surface area contributed by atoms with Gasteiger partial charge in [0.2, 0.25) is 0 Å². The number of hydrogen-bond donors (Lipinski definition) is 1. The Morgan fingerprint density at radius 2 is 1.76 bits per heavy atom. The quantitative estimate of drug-likeness (QED) is 0.911. The number of rotatable bonds is 2. The van der Waals surface area contributed by atoms with Crippen molar-refractivity contribution in [1.29, 1.82) is 0 Å². The first-order chi connectivity index (χ1) is 10.1. The van der Waals surface area contributed by atoms with Gasteiger partial charge in [-0.25, -0.2) is 8.78 Å². The predicted octanol–water partition coefficient (Wildman–Crippen LogP) is 3.43. The molecule has 3 rings (SSSR count). The summed E-state index contributed by atoms with van der Waals surface area (Å²) in [5.74, 6) is -0.552. The zero-order valence-electron chi connectivity index (χ0n) is 11.9. The van der Waals surface area contributed by atoms with E-state index in [0.29, 0.717) is 6.04 Å². The maximum absolute atomic E-state index is 14.0. The monoisotopic (exact) mass is 288 g/mol. The molecular formula is C17H18F2N2. The van der Waals surface area contributed by atoms with Crippen LogP contribution >= 0.6 is 0 Å². The van der Waals surface area contributed by atoms with Crippen molar-refractivity contribution in [3.63, 3.8) is 0 Å². The molecule has 0 radical (unpaired) electrons. The lowest BCUT2D eigenvalue weighted by atomic mass is 10.0. The lowest BCUT2D eigenvalue weighted by Gasteiger charge is -2.36. The zero-order chi connectivity index (χ0) is 14.8. The molecule has 0 bridgehead atoms. The number of benzene rings is 2. The molecule has 0 aliphatic carbocycles. The molecule has 0 saturated carbocycles. The van der Waals surface area contributed by atoms with Gasteiger partial charge in [-0.05, 0) is 48.4 Å². The summed E-state index contributed by atoms with van der Waals surface area (Å²) in [6.45, 7) is 4.76. The van der Waals surface area contributed by atoms with Gasteiger partial charge in [0.25, 0.3) is 0 Å². The molecule has 2 nitrogen and oxygen atoms in total. The van der Waals surface area contributed by atoms with Crippen LogP contribution in [0.5, 0.6) is 0 Å². The number of nitrogens with zero attached hydrogens (tertiary/aromatic N) is 1. The van der Waals surface area contributed by atoms with Gasteiger partial charge in [0.1, 0.15) is 11.6 Å². The molecule has 1 N–H and O–H groups in total. The van der Waals surface area contributed by atoms with Gasteiger partial charge in [0.05, 0.1) is 0 Å². The maximum atomic E-state index is 14.0. The van der Waals surface area contributed by atoms with Gasteiger partial charge in [-0.2, -0.15) is 0 Å². The van der Waals surface area contributed by atoms with Gasteiger partial charge in [-0.3, -0.25) is 0 Å². The van der Waals surface area contributed by atoms with Crippen molar-refractivity contribution in [2.75, 3.05) is 24.5 Å². The Morgan fingerprint density at radius 1 is 1.00 bits per heavy atom. The summed E-state index contributed by atoms with van der Waals surface area (Å²) in [6, 6.07) is 11.5. The molecule has 1 aliphatic heterocycles. The first-order valence-corrected chi connectivity index (χ1v) is 7.17. The largest absolute Gasteiger partial charge is 0.366 e. The minimum Gasteiger partial charge on any atom is -0.366 e. The fourth-order valence-corrected chi connectivity index (χ4v) is 2.77. The van der Waals surface area contributed by atoms with Crippen LogP contribution in [0.25, 0.3) is 11.1 Å². The van der Waals surface area contributed by atoms with Crippen LogP contribution in [0.3, 0.4) is 0 Å². The molecule has 1 heterocycles. The first-order valence-electron chi connectivity index (χ1n) is 7.17. The molecular weight excluding hydrogens is 270 g/mol. The van der Waals surface area contributed by atoms with E-state index in [9.17, 15) is 8.78 Å². The summed E-state index contributed by atoms with van der Waals surface area (Å²) in [5.41, 5.74) is 2.47. The number of hydrogen-bond acceptors (Lipinski definition) is 2. The minimum atomic E-state index is -0.286. The summed E-state index contributed by atoms with van der Waals surface area (Å²) in [6.07, 6.45) is 0. The van der Waals surface area contributed by atoms with Crippen LogP contribution in [-0.2, 0) is 0 Å². The van der Waals surface area contributed by atoms with Crippen LogP contribution in [0, 0.1) is 11.6 Å². The highest BCUT2D eigenvalue weighted by atomic mass is 19.1. The Balaban J connectivity index is 1.97. The zero-order valence-corrected chi connectivity index (χ0v) is 11.9. The molecule has 2 aromatic carbocycles. The van der Waals surface area contributed by atoms with Crippen LogP contribution in [0.1, 0.15) is 6.92 Å². The number of anilines is 1. The summed E-state index contributed by atoms with van der Waals surface area (Å²) >= 11 is 0. The minimum absolute atomic E-state index is 0.266. The Kier molecular flexibility index (Phi) is 3.88. The van der Waals surface area contributed by atoms with E-state index in [1.165, 1.54) is 18.2 Å². The highest BCUT2D eigenvalue weighted by Crippen LogP contribution is 2.28. The molecule has 1 aliphatic rings. The Hall–Kier alpha value is -1.94. The average molecular weight is 288 g/mol. The van der Waals surface area contributed by atoms with E-state index < -0.39 is 0 Å². The van der Waals surface area contributed by atoms with Crippen LogP contribution in [-0.4, -0.2) is 25.7 Å². The smallest absolute Gasteiger partial charge is 0.125 e. The fraction of sp³-hybridized carbons (Fsp3) is 0.294. The van der Waals surface area contributed by atoms with Gasteiger partial charge in [0, 0.05) is 31.4 Å². The second-order valence-electron chi connectivity index (χ2n) is 5.45. The van der Waals surface area contributed by atoms with Crippen LogP contribution in [0.2, 0.25) is 0 Å². The summed E-state index contributed by atoms with van der Waals surface area (Å²) in [7, 11) is 0. The Bertz CT molecular complexity index is 625. The lowest BCUT2D eigenvalue weighted by molar-refractivity contribution is 0.499. The van der Waals surface area contributed by atoms with E-state index in [1.54, 1.807) is 18.2 Å². The highest BCUT2D eigenvalue weighted by Gasteiger charge is 2.19. The Morgan fingerprint density at radius 3 is 2.48 bits per heavy atom. The number of nitrogens with one attached hydrogen (secondary N) is 1. The van der Waals surface area contributed by atoms with Crippen molar-refractivity contribution in [2.24, 2.45) is 0 Å². The van der Waals surface area contributed by atoms with Crippen molar-refractivity contribution in [1.82, 2.24) is 5.32 Å². The lowest BCUT2D eigenvalue weighted by Crippen LogP contribution is -2.49. The van der Waals surface area contributed by atoms with Gasteiger partial charge in [-0.15, -0.1) is 0 Å². The molecule has 1 unspecified atom stereocenters. The molecule has 1 saturated heterocycles. The second-order valence-corrected chi connectivity index (χ2v) is 5.45. The van der Waals surface area contributed by atoms with Crippen molar-refractivity contribution >= 4 is 5.69 Å². The topological polar surface area (TPSA) is 15.3 Å². The van der Waals surface area contributed by atoms with E-state index in [4.69, 9.17) is 0 Å². The summed E-state index contributed by atoms with van der Waals surface area (Å²) in [5, 5.41) is 3.32. The number of halogens is 2. The third kappa shape index (κ3) is 3.05. The standard InChI is InChI=1S/C17H18F2N2/c1-12-11-20-6-7-21(12)17-9-14(8-16(19)10-17)13-2-4-15(18)5-3-13/h2-5,8-10,12,20H,6-7,11H2,1H3. The van der Waals surface area contributed by atoms with Crippen molar-refractivity contribution < 1.29 is 8.78 Å². The van der Waals surface area contributed by atoms with Gasteiger partial charge in [0.15, 0.2) is 0 Å². The first kappa shape index (κ1) is 14.0. The van der Waals surface area contributed by atoms with Crippen molar-refractivity contribution in [3.05, 3.63) is 54.1 Å². The highest BCUT2D eigenvalue weighted by molar-refractivity contribution is 5.69. The summed E-state index contributed by atoms with van der Waals surface area (Å²) < 4.78 is 27.0. The SMILES string of the molecule is CC1CNCCN1c1cc(F)cc(-c2ccc(F)cc2)c1. The Labute approximate surface area is 123 Å². The molecule has 0 spiro atoms. The van der Waals surface area contributed by atoms with Gasteiger partial charge < -0.3 is 10.2 Å². The summed E-state index contributed by atoms with van der Waals surface area (Å²) in [4.78, 5) is 2.20. The molecule has 110 valence electrons. The third-order valence-electron chi connectivity index (χ3n) is 3.89. The second kappa shape index (κ2) is 5.82. The van der Waals surface area contributed by atoms with E-state index in [-0.39, 0.29) is 11.6 Å². The fourth-order valence-electron chi connectivity index (χ4n) is 2.77. The molecule has 0 amide bonds. The maximum Gasteiger partial charge on any atom is 0.125 e.